The van der Waals surface area contributed by atoms with E-state index >= 15 is 0 Å². The fraction of sp³-hybridized carbons (Fsp3) is 0.343. The largest absolute Gasteiger partial charge is 0.466 e. The Balaban J connectivity index is 0.000000699. The summed E-state index contributed by atoms with van der Waals surface area (Å²) < 4.78 is 14.9. The van der Waals surface area contributed by atoms with Crippen LogP contribution in [0.2, 0.25) is 0 Å². The number of anilines is 2. The van der Waals surface area contributed by atoms with Crippen molar-refractivity contribution in [2.24, 2.45) is 20.8 Å². The first kappa shape index (κ1) is 49.9. The molecule has 0 spiro atoms. The smallest absolute Gasteiger partial charge is 0.329 e. The molecule has 0 radical (unpaired) electrons. The summed E-state index contributed by atoms with van der Waals surface area (Å²) in [6, 6.07) is 16.6. The number of nitrogens with two attached hydrogens (primary N) is 2. The van der Waals surface area contributed by atoms with Crippen LogP contribution in [-0.4, -0.2) is 56.0 Å². The van der Waals surface area contributed by atoms with Gasteiger partial charge in [0.25, 0.3) is 5.91 Å². The Bertz CT molecular complexity index is 1730. The van der Waals surface area contributed by atoms with Crippen molar-refractivity contribution in [2.45, 2.75) is 53.9 Å². The van der Waals surface area contributed by atoms with E-state index in [0.717, 1.165) is 40.7 Å². The summed E-state index contributed by atoms with van der Waals surface area (Å²) in [7, 11) is 0. The van der Waals surface area contributed by atoms with Gasteiger partial charge in [0.15, 0.2) is 0 Å². The number of carbonyl (C=O) groups excluding carboxylic acids is 5. The number of nitrogens with one attached hydrogen (secondary N) is 2. The third kappa shape index (κ3) is 21.0. The maximum absolute atomic E-state index is 11.7. The molecule has 1 saturated heterocycles. The average Bonchev–Trinajstić information content (AvgIpc) is 3.47. The van der Waals surface area contributed by atoms with Crippen LogP contribution in [0.1, 0.15) is 48.9 Å². The number of nitrogens with zero attached hydrogens (tertiary/aromatic N) is 4. The number of nitrogen functional groups attached to an aromatic ring is 1. The summed E-state index contributed by atoms with van der Waals surface area (Å²) in [5.74, 6) is -0.813. The highest BCUT2D eigenvalue weighted by molar-refractivity contribution is 9.11. The van der Waals surface area contributed by atoms with Crippen molar-refractivity contribution in [1.29, 1.82) is 5.53 Å². The van der Waals surface area contributed by atoms with E-state index in [1.165, 1.54) is 5.56 Å². The van der Waals surface area contributed by atoms with E-state index in [9.17, 15) is 24.0 Å². The minimum atomic E-state index is -0.360. The van der Waals surface area contributed by atoms with Gasteiger partial charge < -0.3 is 26.3 Å². The third-order valence-corrected chi connectivity index (χ3v) is 9.25. The summed E-state index contributed by atoms with van der Waals surface area (Å²) in [6.07, 6.45) is 0.781. The topological polar surface area (TPSA) is 232 Å². The van der Waals surface area contributed by atoms with E-state index in [2.05, 4.69) is 84.7 Å². The highest BCUT2D eigenvalue weighted by atomic mass is 79.9. The van der Waals surface area contributed by atoms with Crippen LogP contribution in [0.3, 0.4) is 0 Å². The molecule has 294 valence electrons. The zero-order valence-electron chi connectivity index (χ0n) is 30.5. The van der Waals surface area contributed by atoms with E-state index in [-0.39, 0.29) is 55.6 Å². The molecule has 19 heteroatoms. The molecule has 54 heavy (non-hydrogen) atoms. The number of esters is 2. The minimum Gasteiger partial charge on any atom is -0.466 e. The Labute approximate surface area is 344 Å². The summed E-state index contributed by atoms with van der Waals surface area (Å²) in [5, 5.41) is 7.56. The second-order valence-electron chi connectivity index (χ2n) is 10.7. The highest BCUT2D eigenvalue weighted by Crippen LogP contribution is 2.24. The number of carbonyl (C=O) groups is 5. The highest BCUT2D eigenvalue weighted by Gasteiger charge is 2.29. The molecule has 1 aliphatic rings. The van der Waals surface area contributed by atoms with Crippen molar-refractivity contribution in [3.8, 4) is 0 Å². The van der Waals surface area contributed by atoms with Crippen molar-refractivity contribution in [3.05, 3.63) is 90.3 Å². The number of amides is 3. The molecule has 4 rings (SSSR count). The van der Waals surface area contributed by atoms with Gasteiger partial charge in [-0.15, -0.1) is 0 Å². The first-order chi connectivity index (χ1) is 25.5. The number of rotatable bonds is 10. The first-order valence-corrected chi connectivity index (χ1v) is 18.8. The van der Waals surface area contributed by atoms with Gasteiger partial charge in [-0.05, 0) is 110 Å². The Morgan fingerprint density at radius 1 is 0.852 bits per heavy atom. The minimum absolute atomic E-state index is 0.0200. The fourth-order valence-corrected chi connectivity index (χ4v) is 4.74. The molecular weight excluding hydrogens is 920 g/mol. The van der Waals surface area contributed by atoms with Gasteiger partial charge in [-0.1, -0.05) is 64.6 Å². The molecule has 0 aliphatic carbocycles. The number of benzene rings is 3. The van der Waals surface area contributed by atoms with Gasteiger partial charge in [-0.3, -0.25) is 19.2 Å². The van der Waals surface area contributed by atoms with Gasteiger partial charge in [0.05, 0.1) is 50.2 Å². The van der Waals surface area contributed by atoms with Gasteiger partial charge in [0, 0.05) is 31.9 Å². The first-order valence-electron chi connectivity index (χ1n) is 16.1. The van der Waals surface area contributed by atoms with Crippen molar-refractivity contribution >= 4 is 101 Å². The van der Waals surface area contributed by atoms with E-state index in [1.54, 1.807) is 26.0 Å². The van der Waals surface area contributed by atoms with Crippen molar-refractivity contribution in [1.82, 2.24) is 5.32 Å². The summed E-state index contributed by atoms with van der Waals surface area (Å²) >= 11 is 14.7. The number of Topliss-reactive ketones (excluding diaryl/α,β-unsaturated/α-hetero) is 1. The second kappa shape index (κ2) is 28.4. The monoisotopic (exact) mass is 960 g/mol. The molecule has 0 aromatic heterocycles. The Hall–Kier alpha value is -4.10. The van der Waals surface area contributed by atoms with Crippen LogP contribution in [0.4, 0.5) is 16.2 Å². The quantitative estimate of drug-likeness (QED) is 0.0502. The van der Waals surface area contributed by atoms with Crippen LogP contribution in [-0.2, 0) is 35.1 Å². The van der Waals surface area contributed by atoms with Gasteiger partial charge in [-0.2, -0.15) is 5.53 Å². The van der Waals surface area contributed by atoms with E-state index in [4.69, 9.17) is 21.7 Å². The lowest BCUT2D eigenvalue weighted by Gasteiger charge is -2.13. The van der Waals surface area contributed by atoms with Crippen LogP contribution < -0.4 is 21.7 Å². The number of ketones is 1. The number of urea groups is 1. The molecule has 1 heterocycles. The van der Waals surface area contributed by atoms with Crippen LogP contribution in [0.15, 0.2) is 83.1 Å². The average molecular weight is 964 g/mol. The van der Waals surface area contributed by atoms with Gasteiger partial charge in [0.1, 0.15) is 5.78 Å². The van der Waals surface area contributed by atoms with Crippen LogP contribution in [0, 0.1) is 26.3 Å². The molecule has 3 aromatic rings. The van der Waals surface area contributed by atoms with Crippen molar-refractivity contribution in [2.75, 3.05) is 36.9 Å². The molecule has 0 saturated carbocycles. The predicted molar refractivity (Wildman–Crippen MR) is 218 cm³/mol. The summed E-state index contributed by atoms with van der Waals surface area (Å²) in [4.78, 5) is 56.8. The zero-order valence-corrected chi connectivity index (χ0v) is 36.0. The lowest BCUT2D eigenvalue weighted by atomic mass is 10.0. The van der Waals surface area contributed by atoms with Crippen molar-refractivity contribution in [3.63, 3.8) is 0 Å². The van der Waals surface area contributed by atoms with Gasteiger partial charge >= 0.3 is 18.0 Å². The third-order valence-electron chi connectivity index (χ3n) is 6.51. The Kier molecular flexibility index (Phi) is 26.2. The Morgan fingerprint density at radius 2 is 1.39 bits per heavy atom. The zero-order chi connectivity index (χ0) is 41.2. The second-order valence-corrected chi connectivity index (χ2v) is 13.4. The van der Waals surface area contributed by atoms with Gasteiger partial charge in [0.2, 0.25) is 0 Å². The van der Waals surface area contributed by atoms with E-state index in [1.807, 2.05) is 63.2 Å². The molecule has 3 amide bonds. The van der Waals surface area contributed by atoms with Crippen LogP contribution in [0.5, 0.6) is 0 Å². The molecule has 0 unspecified atom stereocenters. The predicted octanol–water partition coefficient (Wildman–Crippen LogP) is 8.41. The number of ether oxygens (including phenoxy) is 2. The lowest BCUT2D eigenvalue weighted by Crippen LogP contribution is -2.30. The number of hydrogen-bond donors (Lipinski definition) is 4. The molecule has 1 aliphatic heterocycles. The molecule has 1 fully saturated rings. The molecular formula is C35H44Br3ClN8O7. The lowest BCUT2D eigenvalue weighted by molar-refractivity contribution is -0.144. The van der Waals surface area contributed by atoms with Crippen LogP contribution >= 0.6 is 59.6 Å². The van der Waals surface area contributed by atoms with E-state index in [0.29, 0.717) is 25.3 Å². The summed E-state index contributed by atoms with van der Waals surface area (Å²) in [5.41, 5.74) is 21.9. The van der Waals surface area contributed by atoms with Crippen LogP contribution in [0.25, 0.3) is 0 Å². The summed E-state index contributed by atoms with van der Waals surface area (Å²) in [6.45, 7) is 10.2. The molecule has 15 nitrogen and oxygen atoms in total. The van der Waals surface area contributed by atoms with Gasteiger partial charge in [-0.25, -0.2) is 9.69 Å². The number of halogens is 4. The van der Waals surface area contributed by atoms with Crippen molar-refractivity contribution < 1.29 is 33.4 Å². The fourth-order valence-electron chi connectivity index (χ4n) is 3.96. The standard InChI is InChI=1S/C14H17BrO3.C10H9BrN2O2.C7H8BrN.C4H9NO2.ClHN4/c1-3-18-14(17)7-5-12(16)9-11-4-6-13(15)10(2)8-11;1-6-4-7(2-3-8(6)11)13-9(14)5-12-10(13)15;1-5-4-6(9)2-3-7(5)8;1-2-7-4(6)3-5;1-3-5-4-2/h4,6,8H,3,5,7,9H2,1-2H3;2-4H,5H2,1H3,(H,12,15);2-4H,9H2,1H3;2-3,5H2,1H3;2H. The maximum Gasteiger partial charge on any atom is 0.329 e. The molecule has 0 bridgehead atoms. The number of imide groups is 1. The normalized spacial score (nSPS) is 11.3. The van der Waals surface area contributed by atoms with E-state index < -0.39 is 0 Å². The number of hydrogen-bond acceptors (Lipinski definition) is 11. The molecule has 0 atom stereocenters. The maximum atomic E-state index is 11.7. The SMILES string of the molecule is CCOC(=O)CCC(=O)Cc1ccc(Br)c(C)c1.CCOC(=O)CN.Cc1cc(N)ccc1Br.Cc1cc(N2C(=O)CNC2=O)ccc1Br.N=NN=NCl. The molecule has 3 aromatic carbocycles. The molecule has 6 N–H and O–H groups in total. The Morgan fingerprint density at radius 3 is 1.80 bits per heavy atom. The number of aryl methyl sites for hydroxylation is 3.